The second-order valence-corrected chi connectivity index (χ2v) is 4.31. The molecular formula is C13H16O3. The number of carboxylic acid groups (broad SMARTS) is 1. The molecule has 1 aromatic carbocycles. The first-order valence-electron chi connectivity index (χ1n) is 5.67. The van der Waals surface area contributed by atoms with E-state index in [0.29, 0.717) is 11.3 Å². The molecule has 0 heterocycles. The molecule has 0 aromatic heterocycles. The van der Waals surface area contributed by atoms with Gasteiger partial charge in [0.15, 0.2) is 0 Å². The molecule has 3 nitrogen and oxygen atoms in total. The molecule has 0 saturated heterocycles. The Morgan fingerprint density at radius 2 is 2.06 bits per heavy atom. The number of carbonyl (C=O) groups is 1. The topological polar surface area (TPSA) is 46.5 Å². The predicted molar refractivity (Wildman–Crippen MR) is 61.0 cm³/mol. The second kappa shape index (κ2) is 4.56. The number of aryl methyl sites for hydroxylation is 1. The van der Waals surface area contributed by atoms with Crippen LogP contribution in [-0.4, -0.2) is 17.2 Å². The Hall–Kier alpha value is -1.51. The smallest absolute Gasteiger partial charge is 0.335 e. The Kier molecular flexibility index (Phi) is 3.13. The summed E-state index contributed by atoms with van der Waals surface area (Å²) in [6.07, 6.45) is 4.85. The zero-order valence-corrected chi connectivity index (χ0v) is 9.40. The van der Waals surface area contributed by atoms with E-state index < -0.39 is 5.97 Å². The van der Waals surface area contributed by atoms with Crippen molar-refractivity contribution < 1.29 is 14.6 Å². The Bertz CT molecular complexity index is 392. The van der Waals surface area contributed by atoms with Crippen molar-refractivity contribution in [3.05, 3.63) is 29.3 Å². The van der Waals surface area contributed by atoms with Crippen LogP contribution in [0, 0.1) is 6.92 Å². The summed E-state index contributed by atoms with van der Waals surface area (Å²) < 4.78 is 5.83. The first-order chi connectivity index (χ1) is 7.66. The average Bonchev–Trinajstić information content (AvgIpc) is 2.73. The van der Waals surface area contributed by atoms with E-state index in [1.54, 1.807) is 18.2 Å². The highest BCUT2D eigenvalue weighted by Crippen LogP contribution is 2.27. The van der Waals surface area contributed by atoms with Crippen LogP contribution in [0.25, 0.3) is 0 Å². The number of hydrogen-bond acceptors (Lipinski definition) is 2. The quantitative estimate of drug-likeness (QED) is 0.851. The summed E-state index contributed by atoms with van der Waals surface area (Å²) in [5, 5.41) is 8.91. The maximum atomic E-state index is 10.8. The van der Waals surface area contributed by atoms with E-state index in [9.17, 15) is 4.79 Å². The highest BCUT2D eigenvalue weighted by Gasteiger charge is 2.18. The summed E-state index contributed by atoms with van der Waals surface area (Å²) in [5.74, 6) is -0.192. The van der Waals surface area contributed by atoms with Gasteiger partial charge in [-0.05, 0) is 50.3 Å². The molecule has 1 aliphatic rings. The molecule has 1 fully saturated rings. The number of hydrogen-bond donors (Lipinski definition) is 1. The molecule has 1 N–H and O–H groups in total. The van der Waals surface area contributed by atoms with Gasteiger partial charge in [-0.1, -0.05) is 6.07 Å². The van der Waals surface area contributed by atoms with Gasteiger partial charge >= 0.3 is 5.97 Å². The predicted octanol–water partition coefficient (Wildman–Crippen LogP) is 3.01. The van der Waals surface area contributed by atoms with Crippen LogP contribution < -0.4 is 4.74 Å². The lowest BCUT2D eigenvalue weighted by molar-refractivity contribution is 0.0696. The molecule has 0 amide bonds. The molecular weight excluding hydrogens is 204 g/mol. The Labute approximate surface area is 95.0 Å². The molecule has 1 aromatic rings. The van der Waals surface area contributed by atoms with Crippen molar-refractivity contribution >= 4 is 5.97 Å². The number of rotatable bonds is 3. The molecule has 1 saturated carbocycles. The van der Waals surface area contributed by atoms with Gasteiger partial charge in [0.25, 0.3) is 0 Å². The second-order valence-electron chi connectivity index (χ2n) is 4.31. The van der Waals surface area contributed by atoms with Gasteiger partial charge in [0.1, 0.15) is 5.75 Å². The first-order valence-corrected chi connectivity index (χ1v) is 5.67. The molecule has 1 aliphatic carbocycles. The van der Waals surface area contributed by atoms with Crippen molar-refractivity contribution in [2.24, 2.45) is 0 Å². The monoisotopic (exact) mass is 220 g/mol. The lowest BCUT2D eigenvalue weighted by Crippen LogP contribution is -2.12. The average molecular weight is 220 g/mol. The Morgan fingerprint density at radius 3 is 2.69 bits per heavy atom. The minimum absolute atomic E-state index is 0.266. The minimum atomic E-state index is -0.906. The van der Waals surface area contributed by atoms with Crippen LogP contribution in [0.1, 0.15) is 41.6 Å². The van der Waals surface area contributed by atoms with Crippen LogP contribution in [0.5, 0.6) is 5.75 Å². The number of carboxylic acids is 1. The molecule has 0 aliphatic heterocycles. The molecule has 0 atom stereocenters. The van der Waals surface area contributed by atoms with Gasteiger partial charge in [0, 0.05) is 0 Å². The summed E-state index contributed by atoms with van der Waals surface area (Å²) in [4.78, 5) is 10.8. The van der Waals surface area contributed by atoms with Crippen LogP contribution in [0.15, 0.2) is 18.2 Å². The molecule has 0 radical (unpaired) electrons. The van der Waals surface area contributed by atoms with Gasteiger partial charge in [-0.25, -0.2) is 4.79 Å². The third-order valence-electron chi connectivity index (χ3n) is 3.03. The minimum Gasteiger partial charge on any atom is -0.490 e. The van der Waals surface area contributed by atoms with E-state index >= 15 is 0 Å². The fourth-order valence-corrected chi connectivity index (χ4v) is 2.05. The summed E-state index contributed by atoms with van der Waals surface area (Å²) in [6.45, 7) is 1.94. The molecule has 3 heteroatoms. The SMILES string of the molecule is Cc1ccc(C(=O)O)cc1OC1CCCC1. The van der Waals surface area contributed by atoms with Crippen molar-refractivity contribution in [3.63, 3.8) is 0 Å². The van der Waals surface area contributed by atoms with Crippen LogP contribution in [0.4, 0.5) is 0 Å². The Morgan fingerprint density at radius 1 is 1.38 bits per heavy atom. The molecule has 0 spiro atoms. The molecule has 86 valence electrons. The van der Waals surface area contributed by atoms with Gasteiger partial charge in [-0.15, -0.1) is 0 Å². The number of benzene rings is 1. The van der Waals surface area contributed by atoms with Crippen LogP contribution in [0.3, 0.4) is 0 Å². The van der Waals surface area contributed by atoms with E-state index in [1.807, 2.05) is 6.92 Å². The van der Waals surface area contributed by atoms with Gasteiger partial charge < -0.3 is 9.84 Å². The van der Waals surface area contributed by atoms with Crippen molar-refractivity contribution in [2.75, 3.05) is 0 Å². The molecule has 0 unspecified atom stereocenters. The van der Waals surface area contributed by atoms with Gasteiger partial charge in [-0.3, -0.25) is 0 Å². The summed E-state index contributed by atoms with van der Waals surface area (Å²) in [6, 6.07) is 5.03. The van der Waals surface area contributed by atoms with Crippen LogP contribution in [-0.2, 0) is 0 Å². The largest absolute Gasteiger partial charge is 0.490 e. The maximum absolute atomic E-state index is 10.8. The summed E-state index contributed by atoms with van der Waals surface area (Å²) in [7, 11) is 0. The third kappa shape index (κ3) is 2.35. The highest BCUT2D eigenvalue weighted by atomic mass is 16.5. The van der Waals surface area contributed by atoms with E-state index in [-0.39, 0.29) is 6.10 Å². The highest BCUT2D eigenvalue weighted by molar-refractivity contribution is 5.88. The Balaban J connectivity index is 2.17. The summed E-state index contributed by atoms with van der Waals surface area (Å²) in [5.41, 5.74) is 1.29. The van der Waals surface area contributed by atoms with Crippen molar-refractivity contribution in [1.82, 2.24) is 0 Å². The van der Waals surface area contributed by atoms with Crippen molar-refractivity contribution in [3.8, 4) is 5.75 Å². The number of ether oxygens (including phenoxy) is 1. The van der Waals surface area contributed by atoms with Crippen LogP contribution in [0.2, 0.25) is 0 Å². The molecule has 2 rings (SSSR count). The van der Waals surface area contributed by atoms with Gasteiger partial charge in [-0.2, -0.15) is 0 Å². The fraction of sp³-hybridized carbons (Fsp3) is 0.462. The number of aromatic carboxylic acids is 1. The van der Waals surface area contributed by atoms with Crippen molar-refractivity contribution in [1.29, 1.82) is 0 Å². The van der Waals surface area contributed by atoms with E-state index in [4.69, 9.17) is 9.84 Å². The van der Waals surface area contributed by atoms with E-state index in [2.05, 4.69) is 0 Å². The maximum Gasteiger partial charge on any atom is 0.335 e. The zero-order valence-electron chi connectivity index (χ0n) is 9.40. The fourth-order valence-electron chi connectivity index (χ4n) is 2.05. The van der Waals surface area contributed by atoms with Crippen molar-refractivity contribution in [2.45, 2.75) is 38.7 Å². The van der Waals surface area contributed by atoms with Crippen LogP contribution >= 0.6 is 0 Å². The first kappa shape index (κ1) is 11.0. The zero-order chi connectivity index (χ0) is 11.5. The lowest BCUT2D eigenvalue weighted by atomic mass is 10.1. The summed E-state index contributed by atoms with van der Waals surface area (Å²) >= 11 is 0. The molecule has 16 heavy (non-hydrogen) atoms. The van der Waals surface area contributed by atoms with Gasteiger partial charge in [0.2, 0.25) is 0 Å². The third-order valence-corrected chi connectivity index (χ3v) is 3.03. The van der Waals surface area contributed by atoms with E-state index in [1.165, 1.54) is 12.8 Å². The van der Waals surface area contributed by atoms with Gasteiger partial charge in [0.05, 0.1) is 11.7 Å². The normalized spacial score (nSPS) is 16.3. The molecule has 0 bridgehead atoms. The van der Waals surface area contributed by atoms with E-state index in [0.717, 1.165) is 18.4 Å². The lowest BCUT2D eigenvalue weighted by Gasteiger charge is -2.15. The standard InChI is InChI=1S/C13H16O3/c1-9-6-7-10(13(14)15)8-12(9)16-11-4-2-3-5-11/h6-8,11H,2-5H2,1H3,(H,14,15).